The quantitative estimate of drug-likeness (QED) is 0.873. The van der Waals surface area contributed by atoms with Gasteiger partial charge in [-0.15, -0.1) is 11.6 Å². The number of hydrogen-bond donors (Lipinski definition) is 1. The SMILES string of the molecule is COc1ccc2nc(NC(=O)[C@@H](C)Cl)sc2c1. The fourth-order valence-corrected chi connectivity index (χ4v) is 2.24. The molecule has 1 atom stereocenters. The van der Waals surface area contributed by atoms with Gasteiger partial charge in [-0.05, 0) is 25.1 Å². The second-order valence-electron chi connectivity index (χ2n) is 3.46. The Kier molecular flexibility index (Phi) is 3.49. The number of halogens is 1. The molecule has 0 aliphatic carbocycles. The molecule has 1 aromatic carbocycles. The molecule has 2 aromatic rings. The first kappa shape index (κ1) is 12.1. The van der Waals surface area contributed by atoms with Gasteiger partial charge in [-0.1, -0.05) is 11.3 Å². The Labute approximate surface area is 108 Å². The average Bonchev–Trinajstić information content (AvgIpc) is 2.69. The number of fused-ring (bicyclic) bond motifs is 1. The van der Waals surface area contributed by atoms with Crippen LogP contribution in [0.5, 0.6) is 5.75 Å². The third kappa shape index (κ3) is 2.68. The number of thiazole rings is 1. The molecule has 0 bridgehead atoms. The zero-order chi connectivity index (χ0) is 12.4. The van der Waals surface area contributed by atoms with E-state index in [1.165, 1.54) is 11.3 Å². The van der Waals surface area contributed by atoms with Crippen LogP contribution in [-0.2, 0) is 4.79 Å². The van der Waals surface area contributed by atoms with Gasteiger partial charge in [0.25, 0.3) is 0 Å². The minimum atomic E-state index is -0.573. The Hall–Kier alpha value is -1.33. The van der Waals surface area contributed by atoms with E-state index in [4.69, 9.17) is 16.3 Å². The molecule has 0 saturated heterocycles. The number of aromatic nitrogens is 1. The summed E-state index contributed by atoms with van der Waals surface area (Å²) in [5, 5.41) is 2.64. The Bertz CT molecular complexity index is 553. The highest BCUT2D eigenvalue weighted by Gasteiger charge is 2.12. The van der Waals surface area contributed by atoms with E-state index in [1.807, 2.05) is 18.2 Å². The van der Waals surface area contributed by atoms with Gasteiger partial charge in [-0.2, -0.15) is 0 Å². The van der Waals surface area contributed by atoms with Gasteiger partial charge in [0, 0.05) is 0 Å². The van der Waals surface area contributed by atoms with Crippen molar-refractivity contribution in [3.05, 3.63) is 18.2 Å². The van der Waals surface area contributed by atoms with Crippen molar-refractivity contribution in [3.63, 3.8) is 0 Å². The van der Waals surface area contributed by atoms with Crippen LogP contribution in [-0.4, -0.2) is 23.4 Å². The van der Waals surface area contributed by atoms with Crippen molar-refractivity contribution < 1.29 is 9.53 Å². The molecule has 0 aliphatic heterocycles. The Morgan fingerprint density at radius 1 is 1.59 bits per heavy atom. The number of benzene rings is 1. The Morgan fingerprint density at radius 3 is 3.00 bits per heavy atom. The second-order valence-corrected chi connectivity index (χ2v) is 5.14. The summed E-state index contributed by atoms with van der Waals surface area (Å²) in [6.45, 7) is 1.62. The van der Waals surface area contributed by atoms with Crippen LogP contribution in [0.2, 0.25) is 0 Å². The number of amides is 1. The minimum absolute atomic E-state index is 0.252. The molecule has 0 fully saturated rings. The predicted molar refractivity (Wildman–Crippen MR) is 70.1 cm³/mol. The molecule has 17 heavy (non-hydrogen) atoms. The van der Waals surface area contributed by atoms with E-state index in [1.54, 1.807) is 14.0 Å². The fourth-order valence-electron chi connectivity index (χ4n) is 1.29. The molecular formula is C11H11ClN2O2S. The summed E-state index contributed by atoms with van der Waals surface area (Å²) in [4.78, 5) is 15.7. The number of hydrogen-bond acceptors (Lipinski definition) is 4. The van der Waals surface area contributed by atoms with Gasteiger partial charge in [-0.3, -0.25) is 4.79 Å². The summed E-state index contributed by atoms with van der Waals surface area (Å²) < 4.78 is 6.08. The van der Waals surface area contributed by atoms with Gasteiger partial charge >= 0.3 is 0 Å². The predicted octanol–water partition coefficient (Wildman–Crippen LogP) is 2.87. The van der Waals surface area contributed by atoms with Crippen molar-refractivity contribution >= 4 is 44.2 Å². The molecule has 6 heteroatoms. The maximum Gasteiger partial charge on any atom is 0.243 e. The average molecular weight is 271 g/mol. The summed E-state index contributed by atoms with van der Waals surface area (Å²) in [6.07, 6.45) is 0. The number of nitrogens with zero attached hydrogens (tertiary/aromatic N) is 1. The Morgan fingerprint density at radius 2 is 2.35 bits per heavy atom. The van der Waals surface area contributed by atoms with Crippen LogP contribution in [0.15, 0.2) is 18.2 Å². The number of anilines is 1. The lowest BCUT2D eigenvalue weighted by Crippen LogP contribution is -2.19. The fraction of sp³-hybridized carbons (Fsp3) is 0.273. The van der Waals surface area contributed by atoms with Gasteiger partial charge in [0.2, 0.25) is 5.91 Å². The van der Waals surface area contributed by atoms with Crippen molar-refractivity contribution in [2.24, 2.45) is 0 Å². The van der Waals surface area contributed by atoms with Crippen molar-refractivity contribution in [3.8, 4) is 5.75 Å². The number of nitrogens with one attached hydrogen (secondary N) is 1. The largest absolute Gasteiger partial charge is 0.497 e. The van der Waals surface area contributed by atoms with Crippen molar-refractivity contribution in [2.45, 2.75) is 12.3 Å². The van der Waals surface area contributed by atoms with Crippen LogP contribution >= 0.6 is 22.9 Å². The van der Waals surface area contributed by atoms with Crippen molar-refractivity contribution in [2.75, 3.05) is 12.4 Å². The number of carbonyl (C=O) groups is 1. The summed E-state index contributed by atoms with van der Waals surface area (Å²) in [7, 11) is 1.61. The highest BCUT2D eigenvalue weighted by atomic mass is 35.5. The summed E-state index contributed by atoms with van der Waals surface area (Å²) in [6, 6.07) is 5.56. The number of carbonyl (C=O) groups excluding carboxylic acids is 1. The molecular weight excluding hydrogens is 260 g/mol. The number of ether oxygens (including phenoxy) is 1. The van der Waals surface area contributed by atoms with E-state index in [0.717, 1.165) is 16.0 Å². The summed E-state index contributed by atoms with van der Waals surface area (Å²) in [5.74, 6) is 0.516. The normalized spacial score (nSPS) is 12.4. The first-order chi connectivity index (χ1) is 8.10. The van der Waals surface area contributed by atoms with Crippen LogP contribution in [0, 0.1) is 0 Å². The smallest absolute Gasteiger partial charge is 0.243 e. The number of methoxy groups -OCH3 is 1. The molecule has 4 nitrogen and oxygen atoms in total. The molecule has 0 spiro atoms. The standard InChI is InChI=1S/C11H11ClN2O2S/c1-6(12)10(15)14-11-13-8-4-3-7(16-2)5-9(8)17-11/h3-6H,1-2H3,(H,13,14,15)/t6-/m1/s1. The van der Waals surface area contributed by atoms with Crippen LogP contribution < -0.4 is 10.1 Å². The zero-order valence-electron chi connectivity index (χ0n) is 9.36. The van der Waals surface area contributed by atoms with E-state index < -0.39 is 5.38 Å². The first-order valence-electron chi connectivity index (χ1n) is 4.99. The van der Waals surface area contributed by atoms with Gasteiger partial charge in [0.05, 0.1) is 17.3 Å². The van der Waals surface area contributed by atoms with Crippen molar-refractivity contribution in [1.29, 1.82) is 0 Å². The highest BCUT2D eigenvalue weighted by molar-refractivity contribution is 7.22. The summed E-state index contributed by atoms with van der Waals surface area (Å²) >= 11 is 7.06. The number of rotatable bonds is 3. The van der Waals surface area contributed by atoms with E-state index >= 15 is 0 Å². The molecule has 0 unspecified atom stereocenters. The molecule has 90 valence electrons. The van der Waals surface area contributed by atoms with Gasteiger partial charge in [-0.25, -0.2) is 4.98 Å². The molecule has 1 amide bonds. The van der Waals surface area contributed by atoms with Crippen LogP contribution in [0.3, 0.4) is 0 Å². The minimum Gasteiger partial charge on any atom is -0.497 e. The maximum absolute atomic E-state index is 11.4. The maximum atomic E-state index is 11.4. The van der Waals surface area contributed by atoms with Crippen molar-refractivity contribution in [1.82, 2.24) is 4.98 Å². The third-order valence-electron chi connectivity index (χ3n) is 2.19. The molecule has 1 heterocycles. The summed E-state index contributed by atoms with van der Waals surface area (Å²) in [5.41, 5.74) is 0.827. The van der Waals surface area contributed by atoms with E-state index in [0.29, 0.717) is 5.13 Å². The van der Waals surface area contributed by atoms with E-state index in [2.05, 4.69) is 10.3 Å². The van der Waals surface area contributed by atoms with E-state index in [9.17, 15) is 4.79 Å². The van der Waals surface area contributed by atoms with Gasteiger partial charge < -0.3 is 10.1 Å². The molecule has 0 saturated carbocycles. The molecule has 0 aliphatic rings. The van der Waals surface area contributed by atoms with Gasteiger partial charge in [0.15, 0.2) is 5.13 Å². The van der Waals surface area contributed by atoms with E-state index in [-0.39, 0.29) is 5.91 Å². The zero-order valence-corrected chi connectivity index (χ0v) is 10.9. The first-order valence-corrected chi connectivity index (χ1v) is 6.25. The topological polar surface area (TPSA) is 51.2 Å². The Balaban J connectivity index is 2.28. The highest BCUT2D eigenvalue weighted by Crippen LogP contribution is 2.29. The molecule has 1 N–H and O–H groups in total. The van der Waals surface area contributed by atoms with Crippen LogP contribution in [0.4, 0.5) is 5.13 Å². The molecule has 1 aromatic heterocycles. The lowest BCUT2D eigenvalue weighted by molar-refractivity contribution is -0.115. The number of alkyl halides is 1. The van der Waals surface area contributed by atoms with Crippen LogP contribution in [0.1, 0.15) is 6.92 Å². The lowest BCUT2D eigenvalue weighted by Gasteiger charge is -2.01. The molecule has 0 radical (unpaired) electrons. The lowest BCUT2D eigenvalue weighted by atomic mass is 10.3. The van der Waals surface area contributed by atoms with Crippen LogP contribution in [0.25, 0.3) is 10.2 Å². The molecule has 2 rings (SSSR count). The van der Waals surface area contributed by atoms with Gasteiger partial charge in [0.1, 0.15) is 11.1 Å². The monoisotopic (exact) mass is 270 g/mol. The second kappa shape index (κ2) is 4.89. The third-order valence-corrected chi connectivity index (χ3v) is 3.32.